The molecule has 2 atom stereocenters. The molecular weight excluding hydrogens is 388 g/mol. The van der Waals surface area contributed by atoms with Crippen molar-refractivity contribution in [1.82, 2.24) is 15.6 Å². The number of thiazole rings is 1. The maximum Gasteiger partial charge on any atom is 0.321 e. The molecule has 1 aliphatic rings. The van der Waals surface area contributed by atoms with Gasteiger partial charge in [-0.1, -0.05) is 31.5 Å². The third kappa shape index (κ3) is 5.16. The third-order valence-corrected chi connectivity index (χ3v) is 6.73. The van der Waals surface area contributed by atoms with Crippen LogP contribution in [-0.2, 0) is 4.79 Å². The van der Waals surface area contributed by atoms with Gasteiger partial charge in [-0.05, 0) is 24.8 Å². The quantitative estimate of drug-likeness (QED) is 0.443. The van der Waals surface area contributed by atoms with Gasteiger partial charge in [0.15, 0.2) is 4.34 Å². The molecule has 8 nitrogen and oxygen atoms in total. The average Bonchev–Trinajstić information content (AvgIpc) is 3.04. The lowest BCUT2D eigenvalue weighted by Gasteiger charge is -2.29. The van der Waals surface area contributed by atoms with E-state index in [9.17, 15) is 19.7 Å². The summed E-state index contributed by atoms with van der Waals surface area (Å²) in [7, 11) is 0. The lowest BCUT2D eigenvalue weighted by Crippen LogP contribution is -2.48. The highest BCUT2D eigenvalue weighted by Crippen LogP contribution is 2.31. The predicted octanol–water partition coefficient (Wildman–Crippen LogP) is 3.70. The fraction of sp³-hybridized carbons (Fsp3) is 0.471. The number of benzene rings is 1. The molecule has 0 spiro atoms. The van der Waals surface area contributed by atoms with E-state index >= 15 is 0 Å². The minimum absolute atomic E-state index is 0.00838. The van der Waals surface area contributed by atoms with Crippen molar-refractivity contribution in [2.24, 2.45) is 5.92 Å². The normalized spacial score (nSPS) is 19.6. The monoisotopic (exact) mass is 408 g/mol. The maximum atomic E-state index is 12.0. The highest BCUT2D eigenvalue weighted by Gasteiger charge is 2.23. The van der Waals surface area contributed by atoms with Crippen LogP contribution >= 0.6 is 23.1 Å². The molecular formula is C17H20N4O4S2. The van der Waals surface area contributed by atoms with Crippen molar-refractivity contribution in [3.63, 3.8) is 0 Å². The molecule has 2 aromatic rings. The van der Waals surface area contributed by atoms with E-state index in [1.807, 2.05) is 0 Å². The van der Waals surface area contributed by atoms with E-state index in [1.54, 1.807) is 6.07 Å². The van der Waals surface area contributed by atoms with Crippen molar-refractivity contribution in [3.05, 3.63) is 28.3 Å². The van der Waals surface area contributed by atoms with Crippen LogP contribution < -0.4 is 10.6 Å². The van der Waals surface area contributed by atoms with Gasteiger partial charge in [-0.3, -0.25) is 20.2 Å². The minimum atomic E-state index is -0.459. The Morgan fingerprint density at radius 2 is 2.15 bits per heavy atom. The number of nitrogens with one attached hydrogen (secondary N) is 2. The molecule has 1 aromatic carbocycles. The molecule has 0 radical (unpaired) electrons. The van der Waals surface area contributed by atoms with Gasteiger partial charge in [-0.15, -0.1) is 11.3 Å². The van der Waals surface area contributed by atoms with Crippen LogP contribution in [0.1, 0.15) is 32.6 Å². The Morgan fingerprint density at radius 3 is 2.89 bits per heavy atom. The average molecular weight is 409 g/mol. The number of non-ortho nitro benzene ring substituents is 1. The number of nitro groups is 1. The Morgan fingerprint density at radius 1 is 1.37 bits per heavy atom. The largest absolute Gasteiger partial charge is 0.335 e. The van der Waals surface area contributed by atoms with Crippen LogP contribution in [0.15, 0.2) is 22.5 Å². The molecule has 1 aliphatic carbocycles. The summed E-state index contributed by atoms with van der Waals surface area (Å²) in [5.74, 6) is 0.0715. The fourth-order valence-electron chi connectivity index (χ4n) is 3.09. The second-order valence-corrected chi connectivity index (χ2v) is 8.82. The SMILES string of the molecule is C[C@H]1CCCC[C@H]1NC(=O)NC(=O)CSc1nc2ccc([N+](=O)[O-])cc2s1. The second-order valence-electron chi connectivity index (χ2n) is 6.57. The Hall–Kier alpha value is -2.20. The molecule has 0 unspecified atom stereocenters. The van der Waals surface area contributed by atoms with E-state index < -0.39 is 16.9 Å². The van der Waals surface area contributed by atoms with Crippen LogP contribution in [-0.4, -0.2) is 33.6 Å². The highest BCUT2D eigenvalue weighted by molar-refractivity contribution is 8.01. The van der Waals surface area contributed by atoms with Gasteiger partial charge in [0.25, 0.3) is 5.69 Å². The van der Waals surface area contributed by atoms with Gasteiger partial charge >= 0.3 is 6.03 Å². The third-order valence-electron chi connectivity index (χ3n) is 4.57. The van der Waals surface area contributed by atoms with Crippen molar-refractivity contribution in [2.45, 2.75) is 43.0 Å². The second kappa shape index (κ2) is 8.66. The molecule has 27 heavy (non-hydrogen) atoms. The molecule has 0 saturated heterocycles. The van der Waals surface area contributed by atoms with Crippen LogP contribution in [0.5, 0.6) is 0 Å². The summed E-state index contributed by atoms with van der Waals surface area (Å²) in [6.07, 6.45) is 4.30. The first-order valence-electron chi connectivity index (χ1n) is 8.70. The van der Waals surface area contributed by atoms with Crippen LogP contribution in [0.25, 0.3) is 10.2 Å². The van der Waals surface area contributed by atoms with Gasteiger partial charge in [0.2, 0.25) is 5.91 Å². The number of urea groups is 1. The van der Waals surface area contributed by atoms with Crippen LogP contribution in [0, 0.1) is 16.0 Å². The maximum absolute atomic E-state index is 12.0. The Bertz CT molecular complexity index is 870. The van der Waals surface area contributed by atoms with E-state index in [1.165, 1.54) is 41.7 Å². The summed E-state index contributed by atoms with van der Waals surface area (Å²) < 4.78 is 1.32. The van der Waals surface area contributed by atoms with E-state index in [-0.39, 0.29) is 17.5 Å². The molecule has 1 saturated carbocycles. The number of aromatic nitrogens is 1. The van der Waals surface area contributed by atoms with Crippen molar-refractivity contribution < 1.29 is 14.5 Å². The number of hydrogen-bond acceptors (Lipinski definition) is 7. The number of nitro benzene ring substituents is 1. The molecule has 1 fully saturated rings. The number of imide groups is 1. The van der Waals surface area contributed by atoms with E-state index in [2.05, 4.69) is 22.5 Å². The number of rotatable bonds is 5. The zero-order chi connectivity index (χ0) is 19.4. The molecule has 144 valence electrons. The zero-order valence-corrected chi connectivity index (χ0v) is 16.4. The smallest absolute Gasteiger partial charge is 0.321 e. The van der Waals surface area contributed by atoms with Crippen LogP contribution in [0.4, 0.5) is 10.5 Å². The van der Waals surface area contributed by atoms with Crippen molar-refractivity contribution >= 4 is 50.9 Å². The van der Waals surface area contributed by atoms with E-state index in [4.69, 9.17) is 0 Å². The number of hydrogen-bond donors (Lipinski definition) is 2. The Kier molecular flexibility index (Phi) is 6.27. The number of carbonyl (C=O) groups is 2. The minimum Gasteiger partial charge on any atom is -0.335 e. The summed E-state index contributed by atoms with van der Waals surface area (Å²) in [4.78, 5) is 38.7. The van der Waals surface area contributed by atoms with Gasteiger partial charge in [0.1, 0.15) is 0 Å². The zero-order valence-electron chi connectivity index (χ0n) is 14.8. The lowest BCUT2D eigenvalue weighted by molar-refractivity contribution is -0.384. The first-order valence-corrected chi connectivity index (χ1v) is 10.5. The molecule has 3 amide bonds. The molecule has 10 heteroatoms. The number of fused-ring (bicyclic) bond motifs is 1. The summed E-state index contributed by atoms with van der Waals surface area (Å²) in [5, 5.41) is 16.1. The number of nitrogens with zero attached hydrogens (tertiary/aromatic N) is 2. The Labute approximate surface area is 164 Å². The van der Waals surface area contributed by atoms with E-state index in [0.717, 1.165) is 19.3 Å². The number of carbonyl (C=O) groups excluding carboxylic acids is 2. The van der Waals surface area contributed by atoms with Crippen molar-refractivity contribution in [3.8, 4) is 0 Å². The molecule has 0 bridgehead atoms. The van der Waals surface area contributed by atoms with E-state index in [0.29, 0.717) is 20.5 Å². The molecule has 1 aromatic heterocycles. The number of amides is 3. The standard InChI is InChI=1S/C17H20N4O4S2/c1-10-4-2-3-5-12(10)18-16(23)20-15(22)9-26-17-19-13-7-6-11(21(24)25)8-14(13)27-17/h6-8,10,12H,2-5,9H2,1H3,(H2,18,20,22,23)/t10-,12+/m0/s1. The Balaban J connectivity index is 1.50. The summed E-state index contributed by atoms with van der Waals surface area (Å²) in [6, 6.07) is 4.11. The predicted molar refractivity (Wildman–Crippen MR) is 105 cm³/mol. The van der Waals surface area contributed by atoms with Crippen LogP contribution in [0.2, 0.25) is 0 Å². The first-order chi connectivity index (χ1) is 12.9. The van der Waals surface area contributed by atoms with Gasteiger partial charge in [0.05, 0.1) is 20.9 Å². The summed E-state index contributed by atoms with van der Waals surface area (Å²) in [6.45, 7) is 2.11. The summed E-state index contributed by atoms with van der Waals surface area (Å²) in [5.41, 5.74) is 0.659. The van der Waals surface area contributed by atoms with Crippen molar-refractivity contribution in [2.75, 3.05) is 5.75 Å². The highest BCUT2D eigenvalue weighted by atomic mass is 32.2. The number of thioether (sulfide) groups is 1. The molecule has 3 rings (SSSR count). The van der Waals surface area contributed by atoms with Crippen LogP contribution in [0.3, 0.4) is 0 Å². The van der Waals surface area contributed by atoms with Crippen molar-refractivity contribution in [1.29, 1.82) is 0 Å². The fourth-order valence-corrected chi connectivity index (χ4v) is 4.99. The molecule has 1 heterocycles. The topological polar surface area (TPSA) is 114 Å². The van der Waals surface area contributed by atoms with Gasteiger partial charge < -0.3 is 5.32 Å². The first kappa shape index (κ1) is 19.6. The summed E-state index contributed by atoms with van der Waals surface area (Å²) >= 11 is 2.49. The van der Waals surface area contributed by atoms with Gasteiger partial charge in [-0.25, -0.2) is 9.78 Å². The van der Waals surface area contributed by atoms with Gasteiger partial charge in [0, 0.05) is 18.2 Å². The molecule has 2 N–H and O–H groups in total. The van der Waals surface area contributed by atoms with Gasteiger partial charge in [-0.2, -0.15) is 0 Å². The lowest BCUT2D eigenvalue weighted by atomic mass is 9.86. The molecule has 0 aliphatic heterocycles.